The summed E-state index contributed by atoms with van der Waals surface area (Å²) < 4.78 is 0. The summed E-state index contributed by atoms with van der Waals surface area (Å²) in [5.41, 5.74) is 7.27. The standard InChI is InChI=1S/C7H8N.Rh/c1-6-2-4-7(8)5-3-6;/h2-4H,8H2,1H3;/q-1;. The van der Waals surface area contributed by atoms with Gasteiger partial charge in [-0.25, -0.2) is 0 Å². The van der Waals surface area contributed by atoms with Gasteiger partial charge in [0.2, 0.25) is 0 Å². The first-order valence-corrected chi connectivity index (χ1v) is 2.53. The first-order chi connectivity index (χ1) is 3.79. The van der Waals surface area contributed by atoms with E-state index in [4.69, 9.17) is 5.73 Å². The summed E-state index contributed by atoms with van der Waals surface area (Å²) in [6.07, 6.45) is 0. The van der Waals surface area contributed by atoms with Gasteiger partial charge >= 0.3 is 0 Å². The van der Waals surface area contributed by atoms with Crippen LogP contribution in [-0.2, 0) is 19.5 Å². The van der Waals surface area contributed by atoms with Crippen LogP contribution in [0.2, 0.25) is 0 Å². The fraction of sp³-hybridized carbons (Fsp3) is 0.143. The Hall–Kier alpha value is -0.357. The molecule has 0 heterocycles. The van der Waals surface area contributed by atoms with E-state index in [1.165, 1.54) is 5.56 Å². The summed E-state index contributed by atoms with van der Waals surface area (Å²) in [6.45, 7) is 2.01. The van der Waals surface area contributed by atoms with Crippen molar-refractivity contribution in [3.05, 3.63) is 29.8 Å². The van der Waals surface area contributed by atoms with E-state index in [0.29, 0.717) is 5.69 Å². The summed E-state index contributed by atoms with van der Waals surface area (Å²) in [5, 5.41) is 0. The number of benzene rings is 1. The van der Waals surface area contributed by atoms with Crippen molar-refractivity contribution in [3.8, 4) is 0 Å². The van der Waals surface area contributed by atoms with Gasteiger partial charge in [0.05, 0.1) is 0 Å². The Kier molecular flexibility index (Phi) is 3.48. The molecule has 0 aliphatic carbocycles. The smallest absolute Gasteiger partial charge is 0 e. The number of nitrogen functional groups attached to an aromatic ring is 1. The number of hydrogen-bond acceptors (Lipinski definition) is 1. The summed E-state index contributed by atoms with van der Waals surface area (Å²) >= 11 is 0. The third-order valence-electron chi connectivity index (χ3n) is 0.992. The molecule has 0 unspecified atom stereocenters. The molecular formula is C7H8NRh-. The second-order valence-electron chi connectivity index (χ2n) is 1.82. The maximum atomic E-state index is 5.37. The Bertz CT molecular complexity index is 148. The van der Waals surface area contributed by atoms with E-state index in [1.807, 2.05) is 25.1 Å². The maximum Gasteiger partial charge on any atom is 0 e. The van der Waals surface area contributed by atoms with Crippen molar-refractivity contribution >= 4 is 5.69 Å². The first-order valence-electron chi connectivity index (χ1n) is 2.53. The van der Waals surface area contributed by atoms with Gasteiger partial charge in [0, 0.05) is 19.5 Å². The Morgan fingerprint density at radius 2 is 2.11 bits per heavy atom. The van der Waals surface area contributed by atoms with E-state index in [9.17, 15) is 0 Å². The normalized spacial score (nSPS) is 8.11. The molecule has 0 bridgehead atoms. The first kappa shape index (κ1) is 8.64. The summed E-state index contributed by atoms with van der Waals surface area (Å²) in [4.78, 5) is 0. The Morgan fingerprint density at radius 1 is 1.44 bits per heavy atom. The zero-order valence-corrected chi connectivity index (χ0v) is 6.78. The SMILES string of the molecule is Cc1c[c-]c(N)cc1.[Rh]. The van der Waals surface area contributed by atoms with Gasteiger partial charge in [-0.1, -0.05) is 12.6 Å². The molecule has 0 fully saturated rings. The summed E-state index contributed by atoms with van der Waals surface area (Å²) in [7, 11) is 0. The van der Waals surface area contributed by atoms with E-state index < -0.39 is 0 Å². The third kappa shape index (κ3) is 2.62. The molecule has 2 heteroatoms. The Balaban J connectivity index is 0.000000640. The molecule has 0 aliphatic heterocycles. The number of hydrogen-bond donors (Lipinski definition) is 1. The third-order valence-corrected chi connectivity index (χ3v) is 0.992. The predicted molar refractivity (Wildman–Crippen MR) is 34.4 cm³/mol. The van der Waals surface area contributed by atoms with Crippen LogP contribution in [-0.4, -0.2) is 0 Å². The molecule has 9 heavy (non-hydrogen) atoms. The van der Waals surface area contributed by atoms with Crippen LogP contribution in [0.25, 0.3) is 0 Å². The molecule has 0 saturated heterocycles. The van der Waals surface area contributed by atoms with Gasteiger partial charge in [-0.15, -0.1) is 6.07 Å². The van der Waals surface area contributed by atoms with Crippen molar-refractivity contribution < 1.29 is 19.5 Å². The molecule has 0 atom stereocenters. The molecule has 0 aromatic heterocycles. The molecule has 1 nitrogen and oxygen atoms in total. The average Bonchev–Trinajstić information content (AvgIpc) is 1.77. The minimum Gasteiger partial charge on any atom is -0.420 e. The fourth-order valence-electron chi connectivity index (χ4n) is 0.515. The summed E-state index contributed by atoms with van der Waals surface area (Å²) in [5.74, 6) is 0. The molecule has 0 aliphatic rings. The van der Waals surface area contributed by atoms with Gasteiger partial charge in [0.25, 0.3) is 0 Å². The van der Waals surface area contributed by atoms with Gasteiger partial charge in [0.15, 0.2) is 0 Å². The zero-order chi connectivity index (χ0) is 5.98. The van der Waals surface area contributed by atoms with Gasteiger partial charge in [-0.05, 0) is 0 Å². The van der Waals surface area contributed by atoms with Crippen molar-refractivity contribution in [2.75, 3.05) is 5.73 Å². The molecular weight excluding hydrogens is 201 g/mol. The second-order valence-corrected chi connectivity index (χ2v) is 1.82. The average molecular weight is 209 g/mol. The molecule has 1 aromatic carbocycles. The monoisotopic (exact) mass is 209 g/mol. The largest absolute Gasteiger partial charge is 0.420 e. The van der Waals surface area contributed by atoms with Crippen LogP contribution in [0.1, 0.15) is 5.56 Å². The van der Waals surface area contributed by atoms with Crippen LogP contribution in [0.4, 0.5) is 5.69 Å². The molecule has 0 saturated carbocycles. The minimum absolute atomic E-state index is 0. The topological polar surface area (TPSA) is 26.0 Å². The second kappa shape index (κ2) is 3.63. The van der Waals surface area contributed by atoms with Crippen LogP contribution >= 0.6 is 0 Å². The Labute approximate surface area is 68.0 Å². The number of rotatable bonds is 0. The molecule has 1 radical (unpaired) electrons. The number of nitrogens with two attached hydrogens (primary N) is 1. The quantitative estimate of drug-likeness (QED) is 0.390. The number of aryl methyl sites for hydroxylation is 1. The van der Waals surface area contributed by atoms with Crippen molar-refractivity contribution in [3.63, 3.8) is 0 Å². The van der Waals surface area contributed by atoms with E-state index >= 15 is 0 Å². The molecule has 1 rings (SSSR count). The molecule has 0 amide bonds. The van der Waals surface area contributed by atoms with Crippen molar-refractivity contribution in [1.82, 2.24) is 0 Å². The van der Waals surface area contributed by atoms with Crippen LogP contribution in [0, 0.1) is 13.0 Å². The van der Waals surface area contributed by atoms with Gasteiger partial charge < -0.3 is 5.73 Å². The van der Waals surface area contributed by atoms with Crippen LogP contribution in [0.3, 0.4) is 0 Å². The Morgan fingerprint density at radius 3 is 2.44 bits per heavy atom. The van der Waals surface area contributed by atoms with Gasteiger partial charge in [-0.2, -0.15) is 23.8 Å². The maximum absolute atomic E-state index is 5.37. The predicted octanol–water partition coefficient (Wildman–Crippen LogP) is 1.37. The fourth-order valence-corrected chi connectivity index (χ4v) is 0.515. The van der Waals surface area contributed by atoms with E-state index in [2.05, 4.69) is 6.07 Å². The van der Waals surface area contributed by atoms with Crippen LogP contribution < -0.4 is 5.73 Å². The van der Waals surface area contributed by atoms with E-state index in [1.54, 1.807) is 0 Å². The molecule has 0 spiro atoms. The molecule has 51 valence electrons. The van der Waals surface area contributed by atoms with Crippen molar-refractivity contribution in [2.24, 2.45) is 0 Å². The number of anilines is 1. The van der Waals surface area contributed by atoms with E-state index in [-0.39, 0.29) is 19.5 Å². The van der Waals surface area contributed by atoms with Crippen LogP contribution in [0.5, 0.6) is 0 Å². The van der Waals surface area contributed by atoms with Crippen LogP contribution in [0.15, 0.2) is 18.2 Å². The molecule has 1 aromatic rings. The minimum atomic E-state index is 0. The van der Waals surface area contributed by atoms with Crippen molar-refractivity contribution in [2.45, 2.75) is 6.92 Å². The van der Waals surface area contributed by atoms with Crippen molar-refractivity contribution in [1.29, 1.82) is 0 Å². The van der Waals surface area contributed by atoms with E-state index in [0.717, 1.165) is 0 Å². The molecule has 2 N–H and O–H groups in total. The van der Waals surface area contributed by atoms with Gasteiger partial charge in [0.1, 0.15) is 0 Å². The summed E-state index contributed by atoms with van der Waals surface area (Å²) in [6, 6.07) is 8.55. The van der Waals surface area contributed by atoms with Gasteiger partial charge in [-0.3, -0.25) is 0 Å². The zero-order valence-electron chi connectivity index (χ0n) is 5.14.